The molecule has 4 nitrogen and oxygen atoms in total. The van der Waals surface area contributed by atoms with Crippen molar-refractivity contribution >= 4 is 5.91 Å². The van der Waals surface area contributed by atoms with E-state index in [4.69, 9.17) is 5.11 Å². The number of phenolic OH excluding ortho intramolecular Hbond substituents is 1. The van der Waals surface area contributed by atoms with Gasteiger partial charge in [-0.15, -0.1) is 0 Å². The van der Waals surface area contributed by atoms with Gasteiger partial charge in [-0.05, 0) is 17.7 Å². The molecule has 1 saturated heterocycles. The Morgan fingerprint density at radius 3 is 2.75 bits per heavy atom. The van der Waals surface area contributed by atoms with Crippen molar-refractivity contribution in [2.45, 2.75) is 13.0 Å². The van der Waals surface area contributed by atoms with Crippen LogP contribution in [0.5, 0.6) is 5.75 Å². The number of nitrogens with one attached hydrogen (secondary N) is 1. The number of hydrogen-bond donors (Lipinski definition) is 2. The molecule has 2 rings (SSSR count). The van der Waals surface area contributed by atoms with Crippen molar-refractivity contribution in [3.05, 3.63) is 29.8 Å². The Balaban J connectivity index is 2.02. The first-order chi connectivity index (χ1) is 7.75. The Morgan fingerprint density at radius 1 is 1.25 bits per heavy atom. The first-order valence-electron chi connectivity index (χ1n) is 5.52. The van der Waals surface area contributed by atoms with Crippen LogP contribution >= 0.6 is 0 Å². The summed E-state index contributed by atoms with van der Waals surface area (Å²) in [4.78, 5) is 13.6. The van der Waals surface area contributed by atoms with Crippen LogP contribution in [0.4, 0.5) is 0 Å². The molecule has 2 N–H and O–H groups in total. The molecule has 1 aliphatic rings. The summed E-state index contributed by atoms with van der Waals surface area (Å²) in [6.45, 7) is 3.00. The highest BCUT2D eigenvalue weighted by Gasteiger charge is 2.15. The fourth-order valence-electron chi connectivity index (χ4n) is 1.81. The molecule has 1 aromatic rings. The Morgan fingerprint density at radius 2 is 2.00 bits per heavy atom. The number of carbonyl (C=O) groups excluding carboxylic acids is 1. The monoisotopic (exact) mass is 220 g/mol. The zero-order valence-corrected chi connectivity index (χ0v) is 9.15. The van der Waals surface area contributed by atoms with Gasteiger partial charge in [0.05, 0.1) is 0 Å². The largest absolute Gasteiger partial charge is 0.508 e. The fraction of sp³-hybridized carbons (Fsp3) is 0.417. The zero-order chi connectivity index (χ0) is 11.4. The van der Waals surface area contributed by atoms with E-state index < -0.39 is 0 Å². The van der Waals surface area contributed by atoms with Gasteiger partial charge in [0.2, 0.25) is 5.91 Å². The lowest BCUT2D eigenvalue weighted by molar-refractivity contribution is -0.130. The lowest BCUT2D eigenvalue weighted by atomic mass is 10.2. The molecule has 86 valence electrons. The standard InChI is InChI=1S/C12H16N2O2/c15-11-3-1-10(2-4-11)9-14-8-7-13-6-5-12(14)16/h1-4,13,15H,5-9H2. The molecule has 0 saturated carbocycles. The number of carbonyl (C=O) groups is 1. The van der Waals surface area contributed by atoms with Crippen LogP contribution in [0.3, 0.4) is 0 Å². The summed E-state index contributed by atoms with van der Waals surface area (Å²) in [7, 11) is 0. The van der Waals surface area contributed by atoms with Crippen molar-refractivity contribution in [3.63, 3.8) is 0 Å². The van der Waals surface area contributed by atoms with Crippen LogP contribution < -0.4 is 5.32 Å². The van der Waals surface area contributed by atoms with Crippen LogP contribution in [-0.2, 0) is 11.3 Å². The number of benzene rings is 1. The highest BCUT2D eigenvalue weighted by molar-refractivity contribution is 5.76. The maximum atomic E-state index is 11.7. The molecule has 4 heteroatoms. The minimum Gasteiger partial charge on any atom is -0.508 e. The van der Waals surface area contributed by atoms with Gasteiger partial charge in [0.15, 0.2) is 0 Å². The smallest absolute Gasteiger partial charge is 0.224 e. The Bertz CT molecular complexity index is 362. The lowest BCUT2D eigenvalue weighted by Gasteiger charge is -2.20. The average molecular weight is 220 g/mol. The number of aromatic hydroxyl groups is 1. The van der Waals surface area contributed by atoms with E-state index in [0.717, 1.165) is 25.2 Å². The van der Waals surface area contributed by atoms with Crippen LogP contribution in [0, 0.1) is 0 Å². The van der Waals surface area contributed by atoms with Gasteiger partial charge in [-0.2, -0.15) is 0 Å². The van der Waals surface area contributed by atoms with E-state index in [1.165, 1.54) is 0 Å². The minimum atomic E-state index is 0.193. The van der Waals surface area contributed by atoms with Gasteiger partial charge in [0, 0.05) is 32.6 Å². The molecule has 1 aliphatic heterocycles. The van der Waals surface area contributed by atoms with Gasteiger partial charge in [-0.1, -0.05) is 12.1 Å². The Kier molecular flexibility index (Phi) is 3.41. The predicted molar refractivity (Wildman–Crippen MR) is 61.0 cm³/mol. The Labute approximate surface area is 94.9 Å². The maximum absolute atomic E-state index is 11.7. The summed E-state index contributed by atoms with van der Waals surface area (Å²) < 4.78 is 0. The van der Waals surface area contributed by atoms with E-state index in [1.54, 1.807) is 12.1 Å². The van der Waals surface area contributed by atoms with E-state index in [-0.39, 0.29) is 11.7 Å². The van der Waals surface area contributed by atoms with Crippen LogP contribution in [0.2, 0.25) is 0 Å². The number of hydrogen-bond acceptors (Lipinski definition) is 3. The second-order valence-electron chi connectivity index (χ2n) is 3.98. The quantitative estimate of drug-likeness (QED) is 0.772. The van der Waals surface area contributed by atoms with Crippen molar-refractivity contribution in [2.75, 3.05) is 19.6 Å². The average Bonchev–Trinajstić information content (AvgIpc) is 2.48. The van der Waals surface area contributed by atoms with E-state index in [0.29, 0.717) is 13.0 Å². The van der Waals surface area contributed by atoms with Crippen molar-refractivity contribution in [1.82, 2.24) is 10.2 Å². The third-order valence-corrected chi connectivity index (χ3v) is 2.74. The number of phenols is 1. The van der Waals surface area contributed by atoms with Crippen LogP contribution in [0.25, 0.3) is 0 Å². The zero-order valence-electron chi connectivity index (χ0n) is 9.15. The molecule has 0 spiro atoms. The van der Waals surface area contributed by atoms with E-state index in [9.17, 15) is 4.79 Å². The van der Waals surface area contributed by atoms with Crippen molar-refractivity contribution < 1.29 is 9.90 Å². The molecule has 1 amide bonds. The van der Waals surface area contributed by atoms with Gasteiger partial charge in [0.25, 0.3) is 0 Å². The molecular formula is C12H16N2O2. The van der Waals surface area contributed by atoms with E-state index in [1.807, 2.05) is 17.0 Å². The number of amides is 1. The molecule has 0 aromatic heterocycles. The fourth-order valence-corrected chi connectivity index (χ4v) is 1.81. The summed E-state index contributed by atoms with van der Waals surface area (Å²) in [5.74, 6) is 0.450. The molecular weight excluding hydrogens is 204 g/mol. The normalized spacial score (nSPS) is 17.2. The first kappa shape index (κ1) is 11.0. The van der Waals surface area contributed by atoms with Gasteiger partial charge < -0.3 is 15.3 Å². The van der Waals surface area contributed by atoms with Crippen LogP contribution in [0.1, 0.15) is 12.0 Å². The topological polar surface area (TPSA) is 52.6 Å². The highest BCUT2D eigenvalue weighted by Crippen LogP contribution is 2.12. The summed E-state index contributed by atoms with van der Waals surface area (Å²) in [6.07, 6.45) is 0.568. The van der Waals surface area contributed by atoms with Crippen LogP contribution in [0.15, 0.2) is 24.3 Å². The van der Waals surface area contributed by atoms with Crippen molar-refractivity contribution in [1.29, 1.82) is 0 Å². The third-order valence-electron chi connectivity index (χ3n) is 2.74. The van der Waals surface area contributed by atoms with Crippen molar-refractivity contribution in [2.24, 2.45) is 0 Å². The molecule has 0 unspecified atom stereocenters. The highest BCUT2D eigenvalue weighted by atomic mass is 16.3. The molecule has 1 fully saturated rings. The SMILES string of the molecule is O=C1CCNCCN1Cc1ccc(O)cc1. The van der Waals surface area contributed by atoms with Crippen LogP contribution in [-0.4, -0.2) is 35.5 Å². The first-order valence-corrected chi connectivity index (χ1v) is 5.52. The summed E-state index contributed by atoms with van der Waals surface area (Å²) in [5.41, 5.74) is 1.05. The molecule has 16 heavy (non-hydrogen) atoms. The summed E-state index contributed by atoms with van der Waals surface area (Å²) >= 11 is 0. The summed E-state index contributed by atoms with van der Waals surface area (Å²) in [5, 5.41) is 12.4. The molecule has 0 radical (unpaired) electrons. The van der Waals surface area contributed by atoms with Gasteiger partial charge >= 0.3 is 0 Å². The number of rotatable bonds is 2. The van der Waals surface area contributed by atoms with Gasteiger partial charge in [-0.25, -0.2) is 0 Å². The number of nitrogens with zero attached hydrogens (tertiary/aromatic N) is 1. The van der Waals surface area contributed by atoms with Crippen molar-refractivity contribution in [3.8, 4) is 5.75 Å². The van der Waals surface area contributed by atoms with E-state index in [2.05, 4.69) is 5.32 Å². The second kappa shape index (κ2) is 4.99. The molecule has 1 aromatic carbocycles. The predicted octanol–water partition coefficient (Wildman–Crippen LogP) is 0.714. The minimum absolute atomic E-state index is 0.193. The molecule has 0 atom stereocenters. The maximum Gasteiger partial charge on any atom is 0.224 e. The summed E-state index contributed by atoms with van der Waals surface area (Å²) in [6, 6.07) is 6.99. The van der Waals surface area contributed by atoms with Gasteiger partial charge in [-0.3, -0.25) is 4.79 Å². The molecule has 1 heterocycles. The lowest BCUT2D eigenvalue weighted by Crippen LogP contribution is -2.31. The second-order valence-corrected chi connectivity index (χ2v) is 3.98. The van der Waals surface area contributed by atoms with Gasteiger partial charge in [0.1, 0.15) is 5.75 Å². The molecule has 0 aliphatic carbocycles. The molecule has 0 bridgehead atoms. The van der Waals surface area contributed by atoms with E-state index >= 15 is 0 Å². The third kappa shape index (κ3) is 2.73. The Hall–Kier alpha value is -1.55.